The van der Waals surface area contributed by atoms with Crippen molar-refractivity contribution in [1.29, 1.82) is 0 Å². The first-order valence-corrected chi connectivity index (χ1v) is 8.02. The van der Waals surface area contributed by atoms with Gasteiger partial charge in [0.1, 0.15) is 5.78 Å². The molecule has 3 rings (SSSR count). The molecule has 0 saturated heterocycles. The third kappa shape index (κ3) is 2.63. The lowest BCUT2D eigenvalue weighted by atomic mass is 9.92. The molecule has 1 aromatic carbocycles. The van der Waals surface area contributed by atoms with Crippen LogP contribution in [0.4, 0.5) is 0 Å². The fourth-order valence-corrected chi connectivity index (χ4v) is 3.29. The van der Waals surface area contributed by atoms with E-state index in [0.717, 1.165) is 18.5 Å². The molecule has 0 amide bonds. The van der Waals surface area contributed by atoms with E-state index in [1.165, 1.54) is 16.7 Å². The van der Waals surface area contributed by atoms with E-state index in [1.807, 2.05) is 18.6 Å². The zero-order valence-corrected chi connectivity index (χ0v) is 13.2. The molecule has 3 heteroatoms. The average molecular weight is 294 g/mol. The van der Waals surface area contributed by atoms with Gasteiger partial charge in [0, 0.05) is 12.8 Å². The first-order valence-electron chi connectivity index (χ1n) is 8.02. The maximum absolute atomic E-state index is 12.3. The standard InChI is InChI=1S/C19H22N2O/c1-3-4-10-16(22)11-17-19(15-8-6-5-7-9-15)14(2)18-12-20-13-21(17)18/h5-9,12-13,17H,3-4,10-11H2,1-2H3. The molecular formula is C19H22N2O. The van der Waals surface area contributed by atoms with Crippen LogP contribution in [0, 0.1) is 0 Å². The number of rotatable bonds is 6. The number of hydrogen-bond acceptors (Lipinski definition) is 2. The van der Waals surface area contributed by atoms with Crippen LogP contribution >= 0.6 is 0 Å². The third-order valence-corrected chi connectivity index (χ3v) is 4.44. The van der Waals surface area contributed by atoms with Gasteiger partial charge in [-0.2, -0.15) is 0 Å². The van der Waals surface area contributed by atoms with Crippen molar-refractivity contribution in [2.45, 2.75) is 45.6 Å². The summed E-state index contributed by atoms with van der Waals surface area (Å²) in [5.41, 5.74) is 4.84. The van der Waals surface area contributed by atoms with E-state index >= 15 is 0 Å². The zero-order valence-electron chi connectivity index (χ0n) is 13.2. The maximum atomic E-state index is 12.3. The number of carbonyl (C=O) groups is 1. The highest BCUT2D eigenvalue weighted by Gasteiger charge is 2.31. The van der Waals surface area contributed by atoms with Gasteiger partial charge in [0.2, 0.25) is 0 Å². The fraction of sp³-hybridized carbons (Fsp3) is 0.368. The van der Waals surface area contributed by atoms with E-state index in [9.17, 15) is 4.79 Å². The van der Waals surface area contributed by atoms with Crippen molar-refractivity contribution in [3.63, 3.8) is 0 Å². The Balaban J connectivity index is 1.94. The van der Waals surface area contributed by atoms with Gasteiger partial charge < -0.3 is 4.57 Å². The van der Waals surface area contributed by atoms with E-state index < -0.39 is 0 Å². The van der Waals surface area contributed by atoms with E-state index in [-0.39, 0.29) is 6.04 Å². The number of fused-ring (bicyclic) bond motifs is 1. The number of unbranched alkanes of at least 4 members (excludes halogenated alkanes) is 1. The molecule has 22 heavy (non-hydrogen) atoms. The van der Waals surface area contributed by atoms with Crippen LogP contribution < -0.4 is 0 Å². The van der Waals surface area contributed by atoms with Crippen molar-refractivity contribution in [2.75, 3.05) is 0 Å². The second kappa shape index (κ2) is 6.30. The Kier molecular flexibility index (Phi) is 4.23. The molecular weight excluding hydrogens is 272 g/mol. The molecule has 0 aliphatic carbocycles. The van der Waals surface area contributed by atoms with Crippen molar-refractivity contribution in [1.82, 2.24) is 9.55 Å². The molecule has 0 fully saturated rings. The summed E-state index contributed by atoms with van der Waals surface area (Å²) in [6, 6.07) is 10.5. The Morgan fingerprint density at radius 1 is 1.27 bits per heavy atom. The first-order chi connectivity index (χ1) is 10.7. The van der Waals surface area contributed by atoms with Crippen molar-refractivity contribution in [2.24, 2.45) is 0 Å². The first kappa shape index (κ1) is 14.8. The molecule has 1 aromatic heterocycles. The van der Waals surface area contributed by atoms with Crippen LogP contribution in [-0.2, 0) is 4.79 Å². The maximum Gasteiger partial charge on any atom is 0.135 e. The number of aromatic nitrogens is 2. The number of hydrogen-bond donors (Lipinski definition) is 0. The van der Waals surface area contributed by atoms with Crippen molar-refractivity contribution in [3.05, 3.63) is 54.1 Å². The molecule has 0 saturated carbocycles. The zero-order chi connectivity index (χ0) is 15.5. The highest BCUT2D eigenvalue weighted by Crippen LogP contribution is 2.43. The van der Waals surface area contributed by atoms with Gasteiger partial charge in [-0.25, -0.2) is 4.98 Å². The van der Waals surface area contributed by atoms with Crippen LogP contribution in [0.25, 0.3) is 11.1 Å². The number of imidazole rings is 1. The minimum Gasteiger partial charge on any atom is -0.323 e. The number of carbonyl (C=O) groups excluding carboxylic acids is 1. The highest BCUT2D eigenvalue weighted by atomic mass is 16.1. The third-order valence-electron chi connectivity index (χ3n) is 4.44. The second-order valence-corrected chi connectivity index (χ2v) is 5.95. The fourth-order valence-electron chi connectivity index (χ4n) is 3.29. The lowest BCUT2D eigenvalue weighted by molar-refractivity contribution is -0.119. The van der Waals surface area contributed by atoms with Crippen LogP contribution in [0.1, 0.15) is 56.8 Å². The van der Waals surface area contributed by atoms with E-state index in [4.69, 9.17) is 0 Å². The number of ketones is 1. The lowest BCUT2D eigenvalue weighted by Crippen LogP contribution is -2.12. The predicted octanol–water partition coefficient (Wildman–Crippen LogP) is 4.52. The molecule has 114 valence electrons. The normalized spacial score (nSPS) is 16.9. The molecule has 0 spiro atoms. The van der Waals surface area contributed by atoms with Gasteiger partial charge in [-0.15, -0.1) is 0 Å². The minimum atomic E-state index is 0.0873. The SMILES string of the molecule is CCCCC(=O)CC1C(c2ccccc2)=C(C)c2cncn21. The molecule has 2 aromatic rings. The Labute approximate surface area is 131 Å². The van der Waals surface area contributed by atoms with Gasteiger partial charge >= 0.3 is 0 Å². The Morgan fingerprint density at radius 2 is 2.05 bits per heavy atom. The van der Waals surface area contributed by atoms with Gasteiger partial charge in [-0.1, -0.05) is 43.7 Å². The topological polar surface area (TPSA) is 34.9 Å². The molecule has 0 radical (unpaired) electrons. The smallest absolute Gasteiger partial charge is 0.135 e. The predicted molar refractivity (Wildman–Crippen MR) is 89.3 cm³/mol. The van der Waals surface area contributed by atoms with E-state index in [2.05, 4.69) is 47.7 Å². The van der Waals surface area contributed by atoms with Crippen LogP contribution in [0.2, 0.25) is 0 Å². The summed E-state index contributed by atoms with van der Waals surface area (Å²) < 4.78 is 2.15. The number of benzene rings is 1. The number of nitrogens with zero attached hydrogens (tertiary/aromatic N) is 2. The van der Waals surface area contributed by atoms with Crippen molar-refractivity contribution in [3.8, 4) is 0 Å². The van der Waals surface area contributed by atoms with Gasteiger partial charge in [0.05, 0.1) is 24.3 Å². The second-order valence-electron chi connectivity index (χ2n) is 5.95. The monoisotopic (exact) mass is 294 g/mol. The molecule has 0 N–H and O–H groups in total. The Bertz CT molecular complexity index is 697. The van der Waals surface area contributed by atoms with E-state index in [1.54, 1.807) is 0 Å². The summed E-state index contributed by atoms with van der Waals surface area (Å²) in [6.45, 7) is 4.25. The Hall–Kier alpha value is -2.16. The van der Waals surface area contributed by atoms with Crippen LogP contribution in [0.3, 0.4) is 0 Å². The summed E-state index contributed by atoms with van der Waals surface area (Å²) in [4.78, 5) is 16.6. The van der Waals surface area contributed by atoms with Crippen molar-refractivity contribution >= 4 is 16.9 Å². The number of Topliss-reactive ketones (excluding diaryl/α,β-unsaturated/α-hetero) is 1. The molecule has 0 bridgehead atoms. The van der Waals surface area contributed by atoms with Crippen LogP contribution in [0.5, 0.6) is 0 Å². The van der Waals surface area contributed by atoms with Gasteiger partial charge in [0.25, 0.3) is 0 Å². The quantitative estimate of drug-likeness (QED) is 0.785. The molecule has 2 heterocycles. The molecule has 1 atom stereocenters. The molecule has 1 unspecified atom stereocenters. The summed E-state index contributed by atoms with van der Waals surface area (Å²) in [5, 5.41) is 0. The Morgan fingerprint density at radius 3 is 2.77 bits per heavy atom. The van der Waals surface area contributed by atoms with Gasteiger partial charge in [0.15, 0.2) is 0 Å². The average Bonchev–Trinajstić information content (AvgIpc) is 3.10. The van der Waals surface area contributed by atoms with Gasteiger partial charge in [-0.3, -0.25) is 4.79 Å². The summed E-state index contributed by atoms with van der Waals surface area (Å²) in [7, 11) is 0. The highest BCUT2D eigenvalue weighted by molar-refractivity contribution is 5.96. The van der Waals surface area contributed by atoms with E-state index in [0.29, 0.717) is 18.6 Å². The lowest BCUT2D eigenvalue weighted by Gasteiger charge is -2.18. The van der Waals surface area contributed by atoms with Gasteiger partial charge in [-0.05, 0) is 30.1 Å². The molecule has 1 aliphatic rings. The number of allylic oxidation sites excluding steroid dienone is 2. The largest absolute Gasteiger partial charge is 0.323 e. The molecule has 3 nitrogen and oxygen atoms in total. The summed E-state index contributed by atoms with van der Waals surface area (Å²) in [5.74, 6) is 0.342. The molecule has 1 aliphatic heterocycles. The summed E-state index contributed by atoms with van der Waals surface area (Å²) in [6.07, 6.45) is 7.03. The summed E-state index contributed by atoms with van der Waals surface area (Å²) >= 11 is 0. The van der Waals surface area contributed by atoms with Crippen molar-refractivity contribution < 1.29 is 4.79 Å². The van der Waals surface area contributed by atoms with Crippen LogP contribution in [-0.4, -0.2) is 15.3 Å². The van der Waals surface area contributed by atoms with Crippen LogP contribution in [0.15, 0.2) is 42.9 Å². The minimum absolute atomic E-state index is 0.0873.